The minimum absolute atomic E-state index is 0.270. The quantitative estimate of drug-likeness (QED) is 0.458. The molecule has 0 unspecified atom stereocenters. The number of nitrogens with two attached hydrogens (primary N) is 1. The van der Waals surface area contributed by atoms with Crippen LogP contribution in [0.25, 0.3) is 0 Å². The summed E-state index contributed by atoms with van der Waals surface area (Å²) in [5.74, 6) is 1.10. The summed E-state index contributed by atoms with van der Waals surface area (Å²) in [6, 6.07) is 1.94. The average Bonchev–Trinajstić information content (AvgIpc) is 2.26. The monoisotopic (exact) mass is 225 g/mol. The van der Waals surface area contributed by atoms with Crippen LogP contribution in [-0.4, -0.2) is 22.3 Å². The van der Waals surface area contributed by atoms with Gasteiger partial charge in [0.25, 0.3) is 0 Å². The maximum atomic E-state index is 5.67. The number of nitrogens with zero attached hydrogens (tertiary/aromatic N) is 2. The summed E-state index contributed by atoms with van der Waals surface area (Å²) in [5.41, 5.74) is 5.94. The fourth-order valence-corrected chi connectivity index (χ4v) is 1.97. The molecule has 1 rings (SSSR count). The van der Waals surface area contributed by atoms with Crippen LogP contribution in [0.1, 0.15) is 26.7 Å². The molecule has 1 heterocycles. The van der Waals surface area contributed by atoms with Crippen LogP contribution in [-0.2, 0) is 0 Å². The van der Waals surface area contributed by atoms with Gasteiger partial charge in [-0.1, -0.05) is 13.8 Å². The molecule has 0 atom stereocenters. The van der Waals surface area contributed by atoms with E-state index in [1.807, 2.05) is 6.07 Å². The fraction of sp³-hybridized carbons (Fsp3) is 0.636. The first-order valence-corrected chi connectivity index (χ1v) is 6.21. The lowest BCUT2D eigenvalue weighted by atomic mass is 9.88. The van der Waals surface area contributed by atoms with E-state index in [2.05, 4.69) is 23.8 Å². The SMILES string of the molecule is CC(C)(CN)CCCSc1ccncn1. The molecule has 0 amide bonds. The van der Waals surface area contributed by atoms with Gasteiger partial charge >= 0.3 is 0 Å². The zero-order valence-corrected chi connectivity index (χ0v) is 10.3. The molecule has 4 heteroatoms. The number of hydrogen-bond donors (Lipinski definition) is 1. The molecule has 0 spiro atoms. The normalized spacial score (nSPS) is 11.7. The lowest BCUT2D eigenvalue weighted by molar-refractivity contribution is 0.345. The van der Waals surface area contributed by atoms with E-state index in [4.69, 9.17) is 5.73 Å². The van der Waals surface area contributed by atoms with Gasteiger partial charge in [0.05, 0.1) is 5.03 Å². The lowest BCUT2D eigenvalue weighted by Crippen LogP contribution is -2.23. The minimum atomic E-state index is 0.270. The molecular weight excluding hydrogens is 206 g/mol. The second-order valence-electron chi connectivity index (χ2n) is 4.37. The Bertz CT molecular complexity index is 274. The molecule has 1 aromatic rings. The summed E-state index contributed by atoms with van der Waals surface area (Å²) in [6.07, 6.45) is 5.71. The molecule has 0 fully saturated rings. The van der Waals surface area contributed by atoms with E-state index in [1.165, 1.54) is 12.8 Å². The predicted molar refractivity (Wildman–Crippen MR) is 64.8 cm³/mol. The molecule has 0 aliphatic heterocycles. The number of rotatable bonds is 6. The van der Waals surface area contributed by atoms with Crippen molar-refractivity contribution in [2.75, 3.05) is 12.3 Å². The smallest absolute Gasteiger partial charge is 0.116 e. The van der Waals surface area contributed by atoms with Gasteiger partial charge in [-0.25, -0.2) is 9.97 Å². The Labute approximate surface area is 95.9 Å². The average molecular weight is 225 g/mol. The molecule has 0 bridgehead atoms. The van der Waals surface area contributed by atoms with Crippen LogP contribution in [0.5, 0.6) is 0 Å². The van der Waals surface area contributed by atoms with E-state index in [1.54, 1.807) is 24.3 Å². The third-order valence-electron chi connectivity index (χ3n) is 2.36. The summed E-state index contributed by atoms with van der Waals surface area (Å²) in [6.45, 7) is 5.18. The van der Waals surface area contributed by atoms with E-state index in [9.17, 15) is 0 Å². The van der Waals surface area contributed by atoms with Crippen molar-refractivity contribution in [3.05, 3.63) is 18.6 Å². The zero-order chi connectivity index (χ0) is 11.1. The largest absolute Gasteiger partial charge is 0.330 e. The number of thioether (sulfide) groups is 1. The van der Waals surface area contributed by atoms with Crippen molar-refractivity contribution in [2.45, 2.75) is 31.7 Å². The Morgan fingerprint density at radius 1 is 1.47 bits per heavy atom. The van der Waals surface area contributed by atoms with Gasteiger partial charge in [-0.15, -0.1) is 11.8 Å². The number of aromatic nitrogens is 2. The van der Waals surface area contributed by atoms with Crippen LogP contribution < -0.4 is 5.73 Å². The molecule has 0 aromatic carbocycles. The predicted octanol–water partition coefficient (Wildman–Crippen LogP) is 2.33. The summed E-state index contributed by atoms with van der Waals surface area (Å²) >= 11 is 1.78. The van der Waals surface area contributed by atoms with Crippen LogP contribution in [0, 0.1) is 5.41 Å². The van der Waals surface area contributed by atoms with Gasteiger partial charge < -0.3 is 5.73 Å². The molecule has 84 valence electrons. The van der Waals surface area contributed by atoms with Crippen LogP contribution in [0.2, 0.25) is 0 Å². The number of hydrogen-bond acceptors (Lipinski definition) is 4. The van der Waals surface area contributed by atoms with Crippen molar-refractivity contribution in [3.63, 3.8) is 0 Å². The van der Waals surface area contributed by atoms with Crippen molar-refractivity contribution in [3.8, 4) is 0 Å². The Balaban J connectivity index is 2.18. The molecule has 2 N–H and O–H groups in total. The summed E-state index contributed by atoms with van der Waals surface area (Å²) in [5, 5.41) is 1.05. The highest BCUT2D eigenvalue weighted by atomic mass is 32.2. The Kier molecular flexibility index (Phi) is 5.05. The maximum absolute atomic E-state index is 5.67. The van der Waals surface area contributed by atoms with Gasteiger partial charge in [0.15, 0.2) is 0 Å². The first-order valence-electron chi connectivity index (χ1n) is 5.23. The molecule has 15 heavy (non-hydrogen) atoms. The highest BCUT2D eigenvalue weighted by molar-refractivity contribution is 7.99. The first-order chi connectivity index (χ1) is 7.14. The zero-order valence-electron chi connectivity index (χ0n) is 9.44. The summed E-state index contributed by atoms with van der Waals surface area (Å²) in [7, 11) is 0. The van der Waals surface area contributed by atoms with Gasteiger partial charge in [-0.2, -0.15) is 0 Å². The molecule has 0 saturated heterocycles. The van der Waals surface area contributed by atoms with Gasteiger partial charge in [-0.3, -0.25) is 0 Å². The van der Waals surface area contributed by atoms with Gasteiger partial charge in [-0.05, 0) is 36.6 Å². The minimum Gasteiger partial charge on any atom is -0.330 e. The van der Waals surface area contributed by atoms with Crippen LogP contribution in [0.4, 0.5) is 0 Å². The second-order valence-corrected chi connectivity index (χ2v) is 5.48. The first kappa shape index (κ1) is 12.5. The van der Waals surface area contributed by atoms with E-state index in [0.717, 1.165) is 17.3 Å². The molecule has 0 saturated carbocycles. The molecule has 0 aliphatic carbocycles. The topological polar surface area (TPSA) is 51.8 Å². The van der Waals surface area contributed by atoms with E-state index >= 15 is 0 Å². The van der Waals surface area contributed by atoms with Crippen molar-refractivity contribution < 1.29 is 0 Å². The molecule has 1 aromatic heterocycles. The molecule has 0 radical (unpaired) electrons. The van der Waals surface area contributed by atoms with Crippen LogP contribution in [0.15, 0.2) is 23.6 Å². The van der Waals surface area contributed by atoms with E-state index in [-0.39, 0.29) is 5.41 Å². The highest BCUT2D eigenvalue weighted by Gasteiger charge is 2.14. The van der Waals surface area contributed by atoms with E-state index in [0.29, 0.717) is 0 Å². The summed E-state index contributed by atoms with van der Waals surface area (Å²) < 4.78 is 0. The molecular formula is C11H19N3S. The van der Waals surface area contributed by atoms with Crippen molar-refractivity contribution in [1.82, 2.24) is 9.97 Å². The Hall–Kier alpha value is -0.610. The third-order valence-corrected chi connectivity index (χ3v) is 3.39. The summed E-state index contributed by atoms with van der Waals surface area (Å²) in [4.78, 5) is 8.05. The Morgan fingerprint density at radius 2 is 2.27 bits per heavy atom. The lowest BCUT2D eigenvalue weighted by Gasteiger charge is -2.21. The molecule has 3 nitrogen and oxygen atoms in total. The molecule has 0 aliphatic rings. The van der Waals surface area contributed by atoms with Gasteiger partial charge in [0.2, 0.25) is 0 Å². The van der Waals surface area contributed by atoms with Gasteiger partial charge in [0.1, 0.15) is 6.33 Å². The van der Waals surface area contributed by atoms with Crippen LogP contribution >= 0.6 is 11.8 Å². The highest BCUT2D eigenvalue weighted by Crippen LogP contribution is 2.23. The van der Waals surface area contributed by atoms with Gasteiger partial charge in [0, 0.05) is 6.20 Å². The van der Waals surface area contributed by atoms with Crippen molar-refractivity contribution in [2.24, 2.45) is 11.1 Å². The van der Waals surface area contributed by atoms with E-state index < -0.39 is 0 Å². The fourth-order valence-electron chi connectivity index (χ4n) is 1.19. The Morgan fingerprint density at radius 3 is 2.87 bits per heavy atom. The second kappa shape index (κ2) is 6.08. The van der Waals surface area contributed by atoms with Crippen LogP contribution in [0.3, 0.4) is 0 Å². The standard InChI is InChI=1S/C11H19N3S/c1-11(2,8-12)5-3-7-15-10-4-6-13-9-14-10/h4,6,9H,3,5,7-8,12H2,1-2H3. The third kappa shape index (κ3) is 5.14. The van der Waals surface area contributed by atoms with Crippen molar-refractivity contribution >= 4 is 11.8 Å². The van der Waals surface area contributed by atoms with Crippen molar-refractivity contribution in [1.29, 1.82) is 0 Å². The maximum Gasteiger partial charge on any atom is 0.116 e.